The van der Waals surface area contributed by atoms with Crippen molar-refractivity contribution in [3.63, 3.8) is 0 Å². The third-order valence-corrected chi connectivity index (χ3v) is 2.53. The van der Waals surface area contributed by atoms with Crippen molar-refractivity contribution in [2.45, 2.75) is 13.1 Å². The largest absolute Gasteiger partial charge is 0.398 e. The summed E-state index contributed by atoms with van der Waals surface area (Å²) in [6.45, 7) is 1.51. The number of anilines is 1. The molecule has 0 radical (unpaired) electrons. The minimum absolute atomic E-state index is 0.717. The number of nitrogen functional groups attached to an aromatic ring is 1. The molecule has 1 aromatic heterocycles. The zero-order valence-electron chi connectivity index (χ0n) is 9.87. The van der Waals surface area contributed by atoms with Crippen LogP contribution in [0.5, 0.6) is 0 Å². The first-order valence-corrected chi connectivity index (χ1v) is 5.53. The Morgan fingerprint density at radius 3 is 2.47 bits per heavy atom. The number of nitrogens with zero attached hydrogens (tertiary/aromatic N) is 3. The van der Waals surface area contributed by atoms with E-state index in [9.17, 15) is 0 Å². The Kier molecular flexibility index (Phi) is 3.67. The van der Waals surface area contributed by atoms with Crippen molar-refractivity contribution >= 4 is 5.69 Å². The van der Waals surface area contributed by atoms with Crippen LogP contribution in [0, 0.1) is 0 Å². The first kappa shape index (κ1) is 11.5. The number of hydrogen-bond donors (Lipinski definition) is 1. The topological polar surface area (TPSA) is 55.0 Å². The molecule has 0 atom stereocenters. The van der Waals surface area contributed by atoms with Gasteiger partial charge in [-0.3, -0.25) is 4.90 Å². The molecule has 2 N–H and O–H groups in total. The van der Waals surface area contributed by atoms with Gasteiger partial charge >= 0.3 is 0 Å². The predicted octanol–water partition coefficient (Wildman–Crippen LogP) is 1.69. The molecule has 2 rings (SSSR count). The van der Waals surface area contributed by atoms with Gasteiger partial charge in [-0.05, 0) is 24.7 Å². The highest BCUT2D eigenvalue weighted by atomic mass is 15.1. The quantitative estimate of drug-likeness (QED) is 0.809. The van der Waals surface area contributed by atoms with E-state index < -0.39 is 0 Å². The first-order valence-electron chi connectivity index (χ1n) is 5.53. The summed E-state index contributed by atoms with van der Waals surface area (Å²) >= 11 is 0. The molecular formula is C13H16N4. The van der Waals surface area contributed by atoms with Gasteiger partial charge in [-0.25, -0.2) is 9.97 Å². The summed E-state index contributed by atoms with van der Waals surface area (Å²) in [5.41, 5.74) is 7.86. The Morgan fingerprint density at radius 2 is 1.76 bits per heavy atom. The summed E-state index contributed by atoms with van der Waals surface area (Å²) in [6.07, 6.45) is 3.51. The van der Waals surface area contributed by atoms with E-state index in [0.717, 1.165) is 30.2 Å². The van der Waals surface area contributed by atoms with E-state index in [2.05, 4.69) is 14.9 Å². The zero-order chi connectivity index (χ0) is 12.1. The minimum atomic E-state index is 0.717. The predicted molar refractivity (Wildman–Crippen MR) is 68.1 cm³/mol. The minimum Gasteiger partial charge on any atom is -0.398 e. The van der Waals surface area contributed by atoms with Gasteiger partial charge in [0.2, 0.25) is 0 Å². The van der Waals surface area contributed by atoms with Crippen LogP contribution in [0.25, 0.3) is 0 Å². The molecule has 4 heteroatoms. The van der Waals surface area contributed by atoms with Gasteiger partial charge < -0.3 is 5.73 Å². The summed E-state index contributed by atoms with van der Waals surface area (Å²) in [5, 5.41) is 0. The number of para-hydroxylation sites is 1. The molecule has 1 heterocycles. The fourth-order valence-corrected chi connectivity index (χ4v) is 1.68. The van der Waals surface area contributed by atoms with Gasteiger partial charge in [0.05, 0.1) is 6.54 Å². The second kappa shape index (κ2) is 5.41. The third kappa shape index (κ3) is 3.26. The van der Waals surface area contributed by atoms with Crippen molar-refractivity contribution in [3.8, 4) is 0 Å². The molecule has 0 saturated heterocycles. The highest BCUT2D eigenvalue weighted by molar-refractivity contribution is 5.46. The third-order valence-electron chi connectivity index (χ3n) is 2.53. The molecule has 0 unspecified atom stereocenters. The van der Waals surface area contributed by atoms with Gasteiger partial charge in [-0.15, -0.1) is 0 Å². The van der Waals surface area contributed by atoms with Crippen LogP contribution in [0.15, 0.2) is 42.7 Å². The Balaban J connectivity index is 1.98. The van der Waals surface area contributed by atoms with E-state index in [1.807, 2.05) is 37.4 Å². The van der Waals surface area contributed by atoms with Gasteiger partial charge in [0.15, 0.2) is 0 Å². The number of benzene rings is 1. The van der Waals surface area contributed by atoms with E-state index in [4.69, 9.17) is 5.73 Å². The molecule has 0 aliphatic carbocycles. The van der Waals surface area contributed by atoms with Crippen LogP contribution in [0.4, 0.5) is 5.69 Å². The van der Waals surface area contributed by atoms with Crippen molar-refractivity contribution < 1.29 is 0 Å². The Hall–Kier alpha value is -1.94. The summed E-state index contributed by atoms with van der Waals surface area (Å²) in [5.74, 6) is 0.824. The standard InChI is InChI=1S/C13H16N4/c1-17(10-13-15-7-4-8-16-13)9-11-5-2-3-6-12(11)14/h2-8H,9-10,14H2,1H3. The van der Waals surface area contributed by atoms with Gasteiger partial charge in [0.1, 0.15) is 5.82 Å². The summed E-state index contributed by atoms with van der Waals surface area (Å²) in [6, 6.07) is 9.72. The number of rotatable bonds is 4. The van der Waals surface area contributed by atoms with Crippen LogP contribution >= 0.6 is 0 Å². The number of nitrogens with two attached hydrogens (primary N) is 1. The Morgan fingerprint density at radius 1 is 1.06 bits per heavy atom. The zero-order valence-corrected chi connectivity index (χ0v) is 9.87. The molecule has 0 amide bonds. The smallest absolute Gasteiger partial charge is 0.142 e. The fourth-order valence-electron chi connectivity index (χ4n) is 1.68. The normalized spacial score (nSPS) is 10.7. The fraction of sp³-hybridized carbons (Fsp3) is 0.231. The first-order chi connectivity index (χ1) is 8.25. The van der Waals surface area contributed by atoms with Crippen molar-refractivity contribution in [2.24, 2.45) is 0 Å². The van der Waals surface area contributed by atoms with Crippen LogP contribution in [0.3, 0.4) is 0 Å². The average Bonchev–Trinajstić information content (AvgIpc) is 2.33. The molecule has 0 saturated carbocycles. The van der Waals surface area contributed by atoms with Crippen LogP contribution < -0.4 is 5.73 Å². The molecule has 0 bridgehead atoms. The molecule has 1 aromatic carbocycles. The summed E-state index contributed by atoms with van der Waals surface area (Å²) in [7, 11) is 2.03. The lowest BCUT2D eigenvalue weighted by Gasteiger charge is -2.16. The van der Waals surface area contributed by atoms with E-state index in [1.165, 1.54) is 0 Å². The number of hydrogen-bond acceptors (Lipinski definition) is 4. The van der Waals surface area contributed by atoms with Gasteiger partial charge in [0, 0.05) is 24.6 Å². The highest BCUT2D eigenvalue weighted by Crippen LogP contribution is 2.13. The van der Waals surface area contributed by atoms with Crippen LogP contribution in [-0.4, -0.2) is 21.9 Å². The SMILES string of the molecule is CN(Cc1ncccn1)Cc1ccccc1N. The summed E-state index contributed by atoms with van der Waals surface area (Å²) < 4.78 is 0. The van der Waals surface area contributed by atoms with E-state index in [0.29, 0.717) is 0 Å². The van der Waals surface area contributed by atoms with Crippen molar-refractivity contribution in [1.29, 1.82) is 0 Å². The van der Waals surface area contributed by atoms with E-state index in [1.54, 1.807) is 12.4 Å². The molecule has 0 aliphatic rings. The Bertz CT molecular complexity index is 470. The van der Waals surface area contributed by atoms with E-state index in [-0.39, 0.29) is 0 Å². The average molecular weight is 228 g/mol. The van der Waals surface area contributed by atoms with Crippen LogP contribution in [-0.2, 0) is 13.1 Å². The molecule has 88 valence electrons. The van der Waals surface area contributed by atoms with Crippen molar-refractivity contribution in [3.05, 3.63) is 54.1 Å². The van der Waals surface area contributed by atoms with E-state index >= 15 is 0 Å². The van der Waals surface area contributed by atoms with Gasteiger partial charge in [0.25, 0.3) is 0 Å². The lowest BCUT2D eigenvalue weighted by atomic mass is 10.2. The second-order valence-electron chi connectivity index (χ2n) is 4.04. The molecule has 2 aromatic rings. The second-order valence-corrected chi connectivity index (χ2v) is 4.04. The Labute approximate surface area is 101 Å². The molecule has 0 aliphatic heterocycles. The highest BCUT2D eigenvalue weighted by Gasteiger charge is 2.05. The van der Waals surface area contributed by atoms with Gasteiger partial charge in [-0.1, -0.05) is 18.2 Å². The molecule has 17 heavy (non-hydrogen) atoms. The molecular weight excluding hydrogens is 212 g/mol. The lowest BCUT2D eigenvalue weighted by molar-refractivity contribution is 0.311. The maximum Gasteiger partial charge on any atom is 0.142 e. The lowest BCUT2D eigenvalue weighted by Crippen LogP contribution is -2.19. The maximum absolute atomic E-state index is 5.90. The number of aromatic nitrogens is 2. The molecule has 4 nitrogen and oxygen atoms in total. The molecule has 0 spiro atoms. The monoisotopic (exact) mass is 228 g/mol. The van der Waals surface area contributed by atoms with Crippen LogP contribution in [0.2, 0.25) is 0 Å². The maximum atomic E-state index is 5.90. The van der Waals surface area contributed by atoms with Crippen molar-refractivity contribution in [1.82, 2.24) is 14.9 Å². The molecule has 0 fully saturated rings. The summed E-state index contributed by atoms with van der Waals surface area (Å²) in [4.78, 5) is 10.5. The van der Waals surface area contributed by atoms with Crippen molar-refractivity contribution in [2.75, 3.05) is 12.8 Å². The van der Waals surface area contributed by atoms with Gasteiger partial charge in [-0.2, -0.15) is 0 Å². The van der Waals surface area contributed by atoms with Crippen LogP contribution in [0.1, 0.15) is 11.4 Å².